The zero-order chi connectivity index (χ0) is 25.3. The number of hydrogen-bond acceptors (Lipinski definition) is 4. The van der Waals surface area contributed by atoms with Crippen LogP contribution in [0.1, 0.15) is 59.1 Å². The molecule has 0 aromatic heterocycles. The first-order chi connectivity index (χ1) is 16.1. The van der Waals surface area contributed by atoms with E-state index in [-0.39, 0.29) is 5.78 Å². The van der Waals surface area contributed by atoms with Gasteiger partial charge in [0.1, 0.15) is 17.1 Å². The van der Waals surface area contributed by atoms with Gasteiger partial charge in [0.05, 0.1) is 22.3 Å². The van der Waals surface area contributed by atoms with Gasteiger partial charge in [-0.2, -0.15) is 0 Å². The third kappa shape index (κ3) is 4.03. The highest BCUT2D eigenvalue weighted by molar-refractivity contribution is 6.94. The van der Waals surface area contributed by atoms with E-state index in [4.69, 9.17) is 14.2 Å². The monoisotopic (exact) mass is 480 g/mol. The van der Waals surface area contributed by atoms with Gasteiger partial charge in [-0.3, -0.25) is 4.79 Å². The van der Waals surface area contributed by atoms with E-state index in [0.717, 1.165) is 21.9 Å². The quantitative estimate of drug-likeness (QED) is 0.356. The summed E-state index contributed by atoms with van der Waals surface area (Å²) in [5.74, 6) is 1.61. The second kappa shape index (κ2) is 10.1. The van der Waals surface area contributed by atoms with Gasteiger partial charge in [0, 0.05) is 19.6 Å². The van der Waals surface area contributed by atoms with Crippen LogP contribution in [0, 0.1) is 0 Å². The zero-order valence-electron chi connectivity index (χ0n) is 22.2. The number of methoxy groups -OCH3 is 3. The van der Waals surface area contributed by atoms with Crippen LogP contribution in [-0.2, 0) is 15.1 Å². The van der Waals surface area contributed by atoms with E-state index < -0.39 is 13.7 Å². The standard InChI is InChI=1S/C29H40O4Si/c1-19(2)34(20(3)4,21(5)6)28-26(30)18-29(33-9,23-13-11-10-12-14-23)27(28)22-15-24(31-7)17-25(16-22)32-8/h10-17,19-21H,18H2,1-9H3/t29-/m1/s1. The van der Waals surface area contributed by atoms with Gasteiger partial charge in [-0.25, -0.2) is 0 Å². The number of Topliss-reactive ketones (excluding diaryl/α,β-unsaturated/α-hetero) is 1. The molecule has 0 spiro atoms. The van der Waals surface area contributed by atoms with E-state index in [2.05, 4.69) is 53.7 Å². The van der Waals surface area contributed by atoms with Crippen molar-refractivity contribution in [3.8, 4) is 11.5 Å². The Bertz CT molecular complexity index is 1010. The number of ether oxygens (including phenoxy) is 3. The van der Waals surface area contributed by atoms with Crippen molar-refractivity contribution in [3.63, 3.8) is 0 Å². The number of ketones is 1. The van der Waals surface area contributed by atoms with Gasteiger partial charge < -0.3 is 14.2 Å². The van der Waals surface area contributed by atoms with E-state index >= 15 is 0 Å². The van der Waals surface area contributed by atoms with Crippen LogP contribution in [-0.4, -0.2) is 35.2 Å². The largest absolute Gasteiger partial charge is 0.497 e. The van der Waals surface area contributed by atoms with Crippen molar-refractivity contribution >= 4 is 19.4 Å². The van der Waals surface area contributed by atoms with Gasteiger partial charge in [0.25, 0.3) is 0 Å². The SMILES string of the molecule is COc1cc(OC)cc(C2=C([Si](C(C)C)(C(C)C)C(C)C)C(=O)C[C@@]2(OC)c2ccccc2)c1. The molecule has 0 fully saturated rings. The van der Waals surface area contributed by atoms with Gasteiger partial charge >= 0.3 is 0 Å². The van der Waals surface area contributed by atoms with Crippen LogP contribution in [0.4, 0.5) is 0 Å². The number of hydrogen-bond donors (Lipinski definition) is 0. The van der Waals surface area contributed by atoms with Crippen LogP contribution >= 0.6 is 0 Å². The topological polar surface area (TPSA) is 44.8 Å². The maximum atomic E-state index is 14.2. The van der Waals surface area contributed by atoms with Crippen molar-refractivity contribution in [2.45, 2.75) is 70.2 Å². The summed E-state index contributed by atoms with van der Waals surface area (Å²) < 4.78 is 17.7. The molecule has 0 unspecified atom stereocenters. The van der Waals surface area contributed by atoms with Crippen LogP contribution in [0.2, 0.25) is 16.6 Å². The fraction of sp³-hybridized carbons (Fsp3) is 0.483. The Kier molecular flexibility index (Phi) is 7.78. The lowest BCUT2D eigenvalue weighted by molar-refractivity contribution is -0.117. The van der Waals surface area contributed by atoms with Crippen LogP contribution < -0.4 is 9.47 Å². The molecule has 34 heavy (non-hydrogen) atoms. The first-order valence-corrected chi connectivity index (χ1v) is 14.5. The summed E-state index contributed by atoms with van der Waals surface area (Å²) >= 11 is 0. The molecule has 184 valence electrons. The van der Waals surface area contributed by atoms with Crippen molar-refractivity contribution in [1.29, 1.82) is 0 Å². The number of carbonyl (C=O) groups is 1. The van der Waals surface area contributed by atoms with E-state index in [1.54, 1.807) is 21.3 Å². The molecule has 0 aliphatic heterocycles. The Balaban J connectivity index is 2.55. The van der Waals surface area contributed by atoms with Gasteiger partial charge in [-0.1, -0.05) is 71.9 Å². The van der Waals surface area contributed by atoms with Crippen molar-refractivity contribution < 1.29 is 19.0 Å². The first kappa shape index (κ1) is 26.2. The molecule has 0 saturated carbocycles. The minimum atomic E-state index is -2.33. The van der Waals surface area contributed by atoms with Crippen molar-refractivity contribution in [2.75, 3.05) is 21.3 Å². The highest BCUT2D eigenvalue weighted by atomic mass is 28.3. The Hall–Kier alpha value is -2.37. The second-order valence-electron chi connectivity index (χ2n) is 10.2. The molecular weight excluding hydrogens is 440 g/mol. The molecule has 0 N–H and O–H groups in total. The third-order valence-corrected chi connectivity index (χ3v) is 15.0. The first-order valence-electron chi connectivity index (χ1n) is 12.2. The summed E-state index contributed by atoms with van der Waals surface area (Å²) in [7, 11) is 2.71. The summed E-state index contributed by atoms with van der Waals surface area (Å²) in [4.78, 5) is 14.2. The van der Waals surface area contributed by atoms with E-state index in [1.807, 2.05) is 36.4 Å². The lowest BCUT2D eigenvalue weighted by Crippen LogP contribution is -2.48. The summed E-state index contributed by atoms with van der Waals surface area (Å²) in [6.45, 7) is 13.8. The van der Waals surface area contributed by atoms with Gasteiger partial charge in [-0.05, 0) is 50.7 Å². The number of rotatable bonds is 9. The molecule has 3 rings (SSSR count). The van der Waals surface area contributed by atoms with E-state index in [1.165, 1.54) is 0 Å². The van der Waals surface area contributed by atoms with E-state index in [9.17, 15) is 4.79 Å². The molecule has 5 heteroatoms. The summed E-state index contributed by atoms with van der Waals surface area (Å²) in [6.07, 6.45) is 0.304. The Morgan fingerprint density at radius 3 is 1.71 bits per heavy atom. The smallest absolute Gasteiger partial charge is 0.158 e. The molecule has 0 amide bonds. The predicted octanol–water partition coefficient (Wildman–Crippen LogP) is 7.19. The van der Waals surface area contributed by atoms with Gasteiger partial charge in [0.15, 0.2) is 5.78 Å². The summed E-state index contributed by atoms with van der Waals surface area (Å²) in [6, 6.07) is 16.1. The highest BCUT2D eigenvalue weighted by Gasteiger charge is 2.57. The highest BCUT2D eigenvalue weighted by Crippen LogP contribution is 2.58. The lowest BCUT2D eigenvalue weighted by Gasteiger charge is -2.45. The maximum Gasteiger partial charge on any atom is 0.158 e. The predicted molar refractivity (Wildman–Crippen MR) is 142 cm³/mol. The molecule has 1 aliphatic rings. The average Bonchev–Trinajstić information content (AvgIpc) is 3.12. The van der Waals surface area contributed by atoms with Crippen molar-refractivity contribution in [2.24, 2.45) is 0 Å². The molecule has 0 saturated heterocycles. The number of allylic oxidation sites excluding steroid dienone is 1. The third-order valence-electron chi connectivity index (χ3n) is 7.87. The second-order valence-corrected chi connectivity index (χ2v) is 16.1. The van der Waals surface area contributed by atoms with Gasteiger partial charge in [0.2, 0.25) is 0 Å². The molecule has 1 aliphatic carbocycles. The Labute approximate surface area is 206 Å². The van der Waals surface area contributed by atoms with Crippen LogP contribution in [0.15, 0.2) is 53.7 Å². The molecule has 2 aromatic rings. The Morgan fingerprint density at radius 1 is 0.794 bits per heavy atom. The lowest BCUT2D eigenvalue weighted by atomic mass is 9.83. The van der Waals surface area contributed by atoms with Crippen LogP contribution in [0.3, 0.4) is 0 Å². The maximum absolute atomic E-state index is 14.2. The molecule has 2 aromatic carbocycles. The van der Waals surface area contributed by atoms with Crippen LogP contribution in [0.5, 0.6) is 11.5 Å². The fourth-order valence-corrected chi connectivity index (χ4v) is 13.7. The molecule has 4 nitrogen and oxygen atoms in total. The molecule has 0 heterocycles. The summed E-state index contributed by atoms with van der Waals surface area (Å²) in [5, 5.41) is 1.02. The van der Waals surface area contributed by atoms with Crippen LogP contribution in [0.25, 0.3) is 5.57 Å². The van der Waals surface area contributed by atoms with Gasteiger partial charge in [-0.15, -0.1) is 0 Å². The minimum absolute atomic E-state index is 0.213. The molecular formula is C29H40O4Si. The number of benzene rings is 2. The van der Waals surface area contributed by atoms with Crippen molar-refractivity contribution in [3.05, 3.63) is 64.9 Å². The molecule has 0 bridgehead atoms. The molecule has 0 radical (unpaired) electrons. The minimum Gasteiger partial charge on any atom is -0.497 e. The normalized spacial score (nSPS) is 19.0. The number of carbonyl (C=O) groups excluding carboxylic acids is 1. The molecule has 1 atom stereocenters. The Morgan fingerprint density at radius 2 is 1.29 bits per heavy atom. The van der Waals surface area contributed by atoms with Crippen molar-refractivity contribution in [1.82, 2.24) is 0 Å². The summed E-state index contributed by atoms with van der Waals surface area (Å²) in [5.41, 5.74) is 3.22. The fourth-order valence-electron chi connectivity index (χ4n) is 6.64. The zero-order valence-corrected chi connectivity index (χ0v) is 23.2. The van der Waals surface area contributed by atoms with E-state index in [0.29, 0.717) is 34.5 Å². The average molecular weight is 481 g/mol.